The van der Waals surface area contributed by atoms with Crippen LogP contribution < -0.4 is 10.1 Å². The Kier molecular flexibility index (Phi) is 5.35. The maximum absolute atomic E-state index is 12.0. The van der Waals surface area contributed by atoms with Gasteiger partial charge in [-0.3, -0.25) is 4.79 Å². The number of carbonyl (C=O) groups excluding carboxylic acids is 1. The lowest BCUT2D eigenvalue weighted by molar-refractivity contribution is -0.124. The lowest BCUT2D eigenvalue weighted by atomic mass is 9.83. The molecular formula is C17H17Cl2NO3S. The Balaban J connectivity index is 1.55. The lowest BCUT2D eigenvalue weighted by Gasteiger charge is -2.32. The van der Waals surface area contributed by atoms with Gasteiger partial charge in [0.05, 0.1) is 11.6 Å². The van der Waals surface area contributed by atoms with Crippen LogP contribution in [0, 0.1) is 0 Å². The van der Waals surface area contributed by atoms with Crippen LogP contribution in [-0.2, 0) is 16.8 Å². The Morgan fingerprint density at radius 2 is 2.21 bits per heavy atom. The standard InChI is InChI=1S/C17H17Cl2NO3S/c18-11-3-4-14(13(19)8-11)23-9-16(21)20-10-17(22)6-1-2-15-12(17)5-7-24-15/h3-5,7-8,22H,1-2,6,9-10H2,(H,20,21). The second-order valence-electron chi connectivity index (χ2n) is 5.78. The summed E-state index contributed by atoms with van der Waals surface area (Å²) in [6.07, 6.45) is 2.54. The van der Waals surface area contributed by atoms with E-state index in [1.54, 1.807) is 29.5 Å². The minimum atomic E-state index is -0.999. The number of aryl methyl sites for hydroxylation is 1. The van der Waals surface area contributed by atoms with Crippen LogP contribution in [0.1, 0.15) is 23.3 Å². The van der Waals surface area contributed by atoms with Gasteiger partial charge in [-0.1, -0.05) is 23.2 Å². The number of hydrogen-bond donors (Lipinski definition) is 2. The molecule has 2 aromatic rings. The van der Waals surface area contributed by atoms with E-state index in [1.807, 2.05) is 11.4 Å². The molecular weight excluding hydrogens is 369 g/mol. The number of aliphatic hydroxyl groups is 1. The van der Waals surface area contributed by atoms with Crippen LogP contribution >= 0.6 is 34.5 Å². The highest BCUT2D eigenvalue weighted by molar-refractivity contribution is 7.10. The minimum Gasteiger partial charge on any atom is -0.482 e. The number of amides is 1. The molecule has 0 spiro atoms. The summed E-state index contributed by atoms with van der Waals surface area (Å²) >= 11 is 13.5. The summed E-state index contributed by atoms with van der Waals surface area (Å²) in [5.41, 5.74) is -0.0676. The van der Waals surface area contributed by atoms with E-state index < -0.39 is 5.60 Å². The summed E-state index contributed by atoms with van der Waals surface area (Å²) in [7, 11) is 0. The van der Waals surface area contributed by atoms with Gasteiger partial charge in [-0.15, -0.1) is 11.3 Å². The Bertz CT molecular complexity index is 749. The van der Waals surface area contributed by atoms with Crippen LogP contribution in [0.2, 0.25) is 10.0 Å². The van der Waals surface area contributed by atoms with E-state index in [2.05, 4.69) is 5.32 Å². The molecule has 0 fully saturated rings. The van der Waals surface area contributed by atoms with Gasteiger partial charge in [0, 0.05) is 9.90 Å². The normalized spacial score (nSPS) is 19.6. The molecule has 1 atom stereocenters. The van der Waals surface area contributed by atoms with Crippen molar-refractivity contribution in [2.45, 2.75) is 24.9 Å². The molecule has 1 amide bonds. The molecule has 2 N–H and O–H groups in total. The van der Waals surface area contributed by atoms with E-state index in [1.165, 1.54) is 4.88 Å². The van der Waals surface area contributed by atoms with E-state index in [-0.39, 0.29) is 19.1 Å². The van der Waals surface area contributed by atoms with E-state index in [4.69, 9.17) is 27.9 Å². The third kappa shape index (κ3) is 3.86. The quantitative estimate of drug-likeness (QED) is 0.823. The molecule has 1 aromatic carbocycles. The predicted octanol–water partition coefficient (Wildman–Crippen LogP) is 3.77. The van der Waals surface area contributed by atoms with Gasteiger partial charge in [0.1, 0.15) is 11.4 Å². The van der Waals surface area contributed by atoms with Gasteiger partial charge in [0.25, 0.3) is 5.91 Å². The van der Waals surface area contributed by atoms with Crippen molar-refractivity contribution in [2.75, 3.05) is 13.2 Å². The second kappa shape index (κ2) is 7.31. The summed E-state index contributed by atoms with van der Waals surface area (Å²) in [6, 6.07) is 6.75. The SMILES string of the molecule is O=C(COc1ccc(Cl)cc1Cl)NCC1(O)CCCc2sccc21. The minimum absolute atomic E-state index is 0.173. The maximum atomic E-state index is 12.0. The van der Waals surface area contributed by atoms with Crippen molar-refractivity contribution in [2.24, 2.45) is 0 Å². The number of halogens is 2. The van der Waals surface area contributed by atoms with Crippen molar-refractivity contribution in [3.05, 3.63) is 50.1 Å². The Hall–Kier alpha value is -1.27. The molecule has 24 heavy (non-hydrogen) atoms. The summed E-state index contributed by atoms with van der Waals surface area (Å²) in [6.45, 7) is 0.00119. The average Bonchev–Trinajstić information content (AvgIpc) is 3.03. The lowest BCUT2D eigenvalue weighted by Crippen LogP contribution is -2.43. The molecule has 0 saturated carbocycles. The molecule has 128 valence electrons. The Morgan fingerprint density at radius 1 is 1.38 bits per heavy atom. The third-order valence-electron chi connectivity index (χ3n) is 4.07. The molecule has 0 saturated heterocycles. The van der Waals surface area contributed by atoms with E-state index in [0.717, 1.165) is 18.4 Å². The summed E-state index contributed by atoms with van der Waals surface area (Å²) in [4.78, 5) is 13.2. The largest absolute Gasteiger partial charge is 0.482 e. The van der Waals surface area contributed by atoms with Gasteiger partial charge < -0.3 is 15.2 Å². The number of rotatable bonds is 5. The summed E-state index contributed by atoms with van der Waals surface area (Å²) in [5, 5.41) is 16.4. The van der Waals surface area contributed by atoms with Gasteiger partial charge >= 0.3 is 0 Å². The fraction of sp³-hybridized carbons (Fsp3) is 0.353. The number of carbonyl (C=O) groups is 1. The van der Waals surface area contributed by atoms with Gasteiger partial charge in [-0.2, -0.15) is 0 Å². The molecule has 1 aromatic heterocycles. The highest BCUT2D eigenvalue weighted by atomic mass is 35.5. The fourth-order valence-electron chi connectivity index (χ4n) is 2.84. The zero-order valence-corrected chi connectivity index (χ0v) is 15.2. The topological polar surface area (TPSA) is 58.6 Å². The van der Waals surface area contributed by atoms with Crippen molar-refractivity contribution in [3.63, 3.8) is 0 Å². The second-order valence-corrected chi connectivity index (χ2v) is 7.63. The molecule has 1 aliphatic rings. The molecule has 0 bridgehead atoms. The van der Waals surface area contributed by atoms with Crippen LogP contribution in [0.5, 0.6) is 5.75 Å². The highest BCUT2D eigenvalue weighted by Gasteiger charge is 2.35. The van der Waals surface area contributed by atoms with Gasteiger partial charge in [0.2, 0.25) is 0 Å². The number of ether oxygens (including phenoxy) is 1. The molecule has 1 aliphatic carbocycles. The molecule has 0 aliphatic heterocycles. The maximum Gasteiger partial charge on any atom is 0.258 e. The van der Waals surface area contributed by atoms with Crippen LogP contribution in [0.4, 0.5) is 0 Å². The molecule has 7 heteroatoms. The van der Waals surface area contributed by atoms with E-state index >= 15 is 0 Å². The van der Waals surface area contributed by atoms with Crippen molar-refractivity contribution >= 4 is 40.4 Å². The van der Waals surface area contributed by atoms with Crippen LogP contribution in [0.15, 0.2) is 29.6 Å². The first kappa shape index (κ1) is 17.5. The van der Waals surface area contributed by atoms with Crippen LogP contribution in [-0.4, -0.2) is 24.2 Å². The van der Waals surface area contributed by atoms with Crippen LogP contribution in [0.3, 0.4) is 0 Å². The van der Waals surface area contributed by atoms with E-state index in [0.29, 0.717) is 22.2 Å². The summed E-state index contributed by atoms with van der Waals surface area (Å²) in [5.74, 6) is 0.0875. The molecule has 3 rings (SSSR count). The van der Waals surface area contributed by atoms with Crippen molar-refractivity contribution in [3.8, 4) is 5.75 Å². The first-order chi connectivity index (χ1) is 11.5. The average molecular weight is 386 g/mol. The van der Waals surface area contributed by atoms with Crippen molar-refractivity contribution in [1.82, 2.24) is 5.32 Å². The van der Waals surface area contributed by atoms with Crippen molar-refractivity contribution < 1.29 is 14.6 Å². The number of hydrogen-bond acceptors (Lipinski definition) is 4. The number of nitrogens with one attached hydrogen (secondary N) is 1. The van der Waals surface area contributed by atoms with E-state index in [9.17, 15) is 9.90 Å². The zero-order chi connectivity index (χ0) is 17.2. The number of fused-ring (bicyclic) bond motifs is 1. The summed E-state index contributed by atoms with van der Waals surface area (Å²) < 4.78 is 5.40. The fourth-order valence-corrected chi connectivity index (χ4v) is 4.32. The van der Waals surface area contributed by atoms with Gasteiger partial charge in [0.15, 0.2) is 6.61 Å². The van der Waals surface area contributed by atoms with Gasteiger partial charge in [-0.05, 0) is 54.5 Å². The Labute approximate surface area is 154 Å². The number of thiophene rings is 1. The Morgan fingerprint density at radius 3 is 3.00 bits per heavy atom. The smallest absolute Gasteiger partial charge is 0.258 e. The molecule has 1 heterocycles. The first-order valence-corrected chi connectivity index (χ1v) is 9.25. The molecule has 0 radical (unpaired) electrons. The monoisotopic (exact) mass is 385 g/mol. The highest BCUT2D eigenvalue weighted by Crippen LogP contribution is 2.37. The van der Waals surface area contributed by atoms with Gasteiger partial charge in [-0.25, -0.2) is 0 Å². The van der Waals surface area contributed by atoms with Crippen molar-refractivity contribution in [1.29, 1.82) is 0 Å². The third-order valence-corrected chi connectivity index (χ3v) is 5.58. The van der Waals surface area contributed by atoms with Crippen LogP contribution in [0.25, 0.3) is 0 Å². The first-order valence-electron chi connectivity index (χ1n) is 7.62. The predicted molar refractivity (Wildman–Crippen MR) is 96.1 cm³/mol. The number of benzene rings is 1. The molecule has 4 nitrogen and oxygen atoms in total. The molecule has 1 unspecified atom stereocenters. The zero-order valence-electron chi connectivity index (χ0n) is 12.9.